The van der Waals surface area contributed by atoms with Gasteiger partial charge in [0.1, 0.15) is 5.57 Å². The summed E-state index contributed by atoms with van der Waals surface area (Å²) < 4.78 is 4.70. The number of carboxylic acid groups (broad SMARTS) is 1. The standard InChI is InChI=1S/C8H12O4/c1-4-5(2)12-8(11)6(3)7(9)10/h5H,3-4H2,1-2H3,(H,9,10). The Kier molecular flexibility index (Phi) is 4.04. The van der Waals surface area contributed by atoms with Gasteiger partial charge >= 0.3 is 11.9 Å². The number of ether oxygens (including phenoxy) is 1. The summed E-state index contributed by atoms with van der Waals surface area (Å²) in [5.74, 6) is -2.21. The van der Waals surface area contributed by atoms with E-state index < -0.39 is 17.5 Å². The first-order chi connectivity index (χ1) is 5.49. The van der Waals surface area contributed by atoms with Crippen LogP contribution in [0.2, 0.25) is 0 Å². The Bertz CT molecular complexity index is 207. The molecule has 0 aromatic rings. The first-order valence-corrected chi connectivity index (χ1v) is 3.62. The minimum absolute atomic E-state index is 0.270. The Balaban J connectivity index is 4.05. The van der Waals surface area contributed by atoms with Crippen molar-refractivity contribution in [3.05, 3.63) is 12.2 Å². The van der Waals surface area contributed by atoms with Crippen LogP contribution in [0.25, 0.3) is 0 Å². The molecule has 0 aromatic carbocycles. The van der Waals surface area contributed by atoms with Gasteiger partial charge in [-0.2, -0.15) is 0 Å². The molecular weight excluding hydrogens is 160 g/mol. The number of aliphatic carboxylic acids is 1. The molecule has 0 heterocycles. The van der Waals surface area contributed by atoms with Crippen molar-refractivity contribution in [3.63, 3.8) is 0 Å². The topological polar surface area (TPSA) is 63.6 Å². The predicted molar refractivity (Wildman–Crippen MR) is 42.6 cm³/mol. The number of hydrogen-bond donors (Lipinski definition) is 1. The van der Waals surface area contributed by atoms with Gasteiger partial charge in [-0.15, -0.1) is 0 Å². The van der Waals surface area contributed by atoms with Gasteiger partial charge in [0.25, 0.3) is 0 Å². The fourth-order valence-electron chi connectivity index (χ4n) is 0.424. The van der Waals surface area contributed by atoms with Crippen molar-refractivity contribution >= 4 is 11.9 Å². The number of rotatable bonds is 4. The van der Waals surface area contributed by atoms with Crippen LogP contribution in [-0.4, -0.2) is 23.1 Å². The van der Waals surface area contributed by atoms with E-state index >= 15 is 0 Å². The Morgan fingerprint density at radius 1 is 1.58 bits per heavy atom. The molecule has 0 saturated heterocycles. The maximum Gasteiger partial charge on any atom is 0.345 e. The predicted octanol–water partition coefficient (Wildman–Crippen LogP) is 0.969. The van der Waals surface area contributed by atoms with Crippen molar-refractivity contribution in [2.24, 2.45) is 0 Å². The summed E-state index contributed by atoms with van der Waals surface area (Å²) in [7, 11) is 0. The molecule has 0 fully saturated rings. The summed E-state index contributed by atoms with van der Waals surface area (Å²) in [4.78, 5) is 21.1. The van der Waals surface area contributed by atoms with Gasteiger partial charge in [-0.25, -0.2) is 9.59 Å². The van der Waals surface area contributed by atoms with Crippen molar-refractivity contribution in [2.75, 3.05) is 0 Å². The van der Waals surface area contributed by atoms with Gasteiger partial charge in [0.2, 0.25) is 0 Å². The van der Waals surface area contributed by atoms with Gasteiger partial charge in [0.15, 0.2) is 0 Å². The van der Waals surface area contributed by atoms with Crippen LogP contribution < -0.4 is 0 Å². The van der Waals surface area contributed by atoms with Crippen LogP contribution in [0.4, 0.5) is 0 Å². The summed E-state index contributed by atoms with van der Waals surface area (Å²) >= 11 is 0. The van der Waals surface area contributed by atoms with Crippen LogP contribution in [0, 0.1) is 0 Å². The molecule has 0 aliphatic rings. The SMILES string of the molecule is C=C(C(=O)O)C(=O)OC(C)CC. The minimum Gasteiger partial charge on any atom is -0.477 e. The molecule has 0 saturated carbocycles. The molecule has 1 unspecified atom stereocenters. The highest BCUT2D eigenvalue weighted by Gasteiger charge is 2.17. The second kappa shape index (κ2) is 4.54. The van der Waals surface area contributed by atoms with Gasteiger partial charge in [0.05, 0.1) is 6.10 Å². The summed E-state index contributed by atoms with van der Waals surface area (Å²) in [5.41, 5.74) is -0.532. The van der Waals surface area contributed by atoms with E-state index in [1.54, 1.807) is 6.92 Å². The molecule has 0 radical (unpaired) electrons. The molecule has 1 atom stereocenters. The molecule has 1 N–H and O–H groups in total. The lowest BCUT2D eigenvalue weighted by molar-refractivity contribution is -0.147. The van der Waals surface area contributed by atoms with Crippen LogP contribution in [0.3, 0.4) is 0 Å². The molecule has 0 amide bonds. The molecule has 4 nitrogen and oxygen atoms in total. The van der Waals surface area contributed by atoms with Crippen molar-refractivity contribution in [1.82, 2.24) is 0 Å². The Labute approximate surface area is 70.8 Å². The molecule has 12 heavy (non-hydrogen) atoms. The first kappa shape index (κ1) is 10.7. The van der Waals surface area contributed by atoms with Gasteiger partial charge in [-0.05, 0) is 13.3 Å². The zero-order valence-electron chi connectivity index (χ0n) is 7.16. The average molecular weight is 172 g/mol. The number of carboxylic acids is 1. The molecule has 0 aromatic heterocycles. The third kappa shape index (κ3) is 3.18. The number of hydrogen-bond acceptors (Lipinski definition) is 3. The summed E-state index contributed by atoms with van der Waals surface area (Å²) in [6, 6.07) is 0. The first-order valence-electron chi connectivity index (χ1n) is 3.62. The normalized spacial score (nSPS) is 11.8. The lowest BCUT2D eigenvalue weighted by Crippen LogP contribution is -2.19. The van der Waals surface area contributed by atoms with E-state index in [4.69, 9.17) is 9.84 Å². The highest BCUT2D eigenvalue weighted by atomic mass is 16.5. The molecule has 68 valence electrons. The third-order valence-corrected chi connectivity index (χ3v) is 1.39. The molecule has 0 bridgehead atoms. The highest BCUT2D eigenvalue weighted by Crippen LogP contribution is 2.01. The molecular formula is C8H12O4. The van der Waals surface area contributed by atoms with E-state index in [-0.39, 0.29) is 6.10 Å². The second-order valence-electron chi connectivity index (χ2n) is 2.41. The fourth-order valence-corrected chi connectivity index (χ4v) is 0.424. The van der Waals surface area contributed by atoms with E-state index in [1.807, 2.05) is 6.92 Å². The number of carbonyl (C=O) groups excluding carboxylic acids is 1. The maximum absolute atomic E-state index is 10.9. The van der Waals surface area contributed by atoms with Gasteiger partial charge in [0, 0.05) is 0 Å². The number of esters is 1. The van der Waals surface area contributed by atoms with Crippen molar-refractivity contribution < 1.29 is 19.4 Å². The van der Waals surface area contributed by atoms with Crippen LogP contribution in [-0.2, 0) is 14.3 Å². The smallest absolute Gasteiger partial charge is 0.345 e. The quantitative estimate of drug-likeness (QED) is 0.297. The van der Waals surface area contributed by atoms with E-state index in [0.29, 0.717) is 6.42 Å². The van der Waals surface area contributed by atoms with Crippen molar-refractivity contribution in [1.29, 1.82) is 0 Å². The maximum atomic E-state index is 10.9. The molecule has 4 heteroatoms. The van der Waals surface area contributed by atoms with Crippen LogP contribution in [0.15, 0.2) is 12.2 Å². The molecule has 0 rings (SSSR count). The van der Waals surface area contributed by atoms with Gasteiger partial charge in [-0.3, -0.25) is 0 Å². The summed E-state index contributed by atoms with van der Waals surface area (Å²) in [6.07, 6.45) is 0.382. The fraction of sp³-hybridized carbons (Fsp3) is 0.500. The van der Waals surface area contributed by atoms with Gasteiger partial charge < -0.3 is 9.84 Å². The van der Waals surface area contributed by atoms with Gasteiger partial charge in [-0.1, -0.05) is 13.5 Å². The average Bonchev–Trinajstić information content (AvgIpc) is 2.02. The van der Waals surface area contributed by atoms with Crippen LogP contribution >= 0.6 is 0 Å². The molecule has 0 aliphatic heterocycles. The van der Waals surface area contributed by atoms with Crippen molar-refractivity contribution in [3.8, 4) is 0 Å². The minimum atomic E-state index is -1.34. The zero-order valence-corrected chi connectivity index (χ0v) is 7.16. The zero-order chi connectivity index (χ0) is 9.72. The van der Waals surface area contributed by atoms with E-state index in [0.717, 1.165) is 0 Å². The molecule has 0 aliphatic carbocycles. The Morgan fingerprint density at radius 2 is 2.08 bits per heavy atom. The van der Waals surface area contributed by atoms with E-state index in [2.05, 4.69) is 6.58 Å². The Hall–Kier alpha value is -1.32. The number of carbonyl (C=O) groups is 2. The highest BCUT2D eigenvalue weighted by molar-refractivity contribution is 6.12. The molecule has 0 spiro atoms. The summed E-state index contributed by atoms with van der Waals surface area (Å²) in [6.45, 7) is 6.59. The largest absolute Gasteiger partial charge is 0.477 e. The Morgan fingerprint density at radius 3 is 2.42 bits per heavy atom. The lowest BCUT2D eigenvalue weighted by atomic mass is 10.3. The van der Waals surface area contributed by atoms with Crippen molar-refractivity contribution in [2.45, 2.75) is 26.4 Å². The summed E-state index contributed by atoms with van der Waals surface area (Å²) in [5, 5.41) is 8.34. The van der Waals surface area contributed by atoms with Crippen LogP contribution in [0.1, 0.15) is 20.3 Å². The van der Waals surface area contributed by atoms with E-state index in [9.17, 15) is 9.59 Å². The third-order valence-electron chi connectivity index (χ3n) is 1.39. The monoisotopic (exact) mass is 172 g/mol. The lowest BCUT2D eigenvalue weighted by Gasteiger charge is -2.09. The van der Waals surface area contributed by atoms with Crippen LogP contribution in [0.5, 0.6) is 0 Å². The second-order valence-corrected chi connectivity index (χ2v) is 2.41. The van der Waals surface area contributed by atoms with E-state index in [1.165, 1.54) is 0 Å².